The summed E-state index contributed by atoms with van der Waals surface area (Å²) in [7, 11) is 0. The highest BCUT2D eigenvalue weighted by Gasteiger charge is 2.25. The fourth-order valence-electron chi connectivity index (χ4n) is 3.12. The van der Waals surface area contributed by atoms with Crippen molar-refractivity contribution < 1.29 is 4.79 Å². The van der Waals surface area contributed by atoms with E-state index in [-0.39, 0.29) is 11.8 Å². The van der Waals surface area contributed by atoms with E-state index >= 15 is 0 Å². The Kier molecular flexibility index (Phi) is 4.51. The topological polar surface area (TPSA) is 59.8 Å². The van der Waals surface area contributed by atoms with Gasteiger partial charge in [-0.15, -0.1) is 0 Å². The molecule has 0 atom stereocenters. The highest BCUT2D eigenvalue weighted by molar-refractivity contribution is 5.92. The van der Waals surface area contributed by atoms with E-state index in [0.29, 0.717) is 0 Å². The van der Waals surface area contributed by atoms with Gasteiger partial charge in [-0.25, -0.2) is 9.67 Å². The van der Waals surface area contributed by atoms with Crippen molar-refractivity contribution >= 4 is 11.6 Å². The molecule has 3 rings (SSSR count). The highest BCUT2D eigenvalue weighted by Crippen LogP contribution is 2.31. The lowest BCUT2D eigenvalue weighted by Gasteiger charge is -2.26. The van der Waals surface area contributed by atoms with E-state index in [1.165, 1.54) is 25.6 Å². The maximum Gasteiger partial charge on any atom is 0.227 e. The molecule has 5 nitrogen and oxygen atoms in total. The molecule has 1 heterocycles. The van der Waals surface area contributed by atoms with Crippen molar-refractivity contribution in [3.63, 3.8) is 0 Å². The molecule has 1 saturated carbocycles. The van der Waals surface area contributed by atoms with Crippen LogP contribution in [0.3, 0.4) is 0 Å². The zero-order valence-electron chi connectivity index (χ0n) is 12.9. The van der Waals surface area contributed by atoms with E-state index in [0.717, 1.165) is 30.1 Å². The minimum atomic E-state index is 0.156. The van der Waals surface area contributed by atoms with Crippen molar-refractivity contribution in [1.29, 1.82) is 0 Å². The number of carbonyl (C=O) groups excluding carboxylic acids is 1. The summed E-state index contributed by atoms with van der Waals surface area (Å²) in [6.07, 6.45) is 8.78. The predicted molar refractivity (Wildman–Crippen MR) is 85.7 cm³/mol. The number of anilines is 1. The number of rotatable bonds is 4. The Morgan fingerprint density at radius 2 is 1.95 bits per heavy atom. The zero-order chi connectivity index (χ0) is 15.4. The van der Waals surface area contributed by atoms with Gasteiger partial charge in [0.05, 0.1) is 5.69 Å². The van der Waals surface area contributed by atoms with Crippen molar-refractivity contribution in [1.82, 2.24) is 14.8 Å². The molecule has 116 valence electrons. The van der Waals surface area contributed by atoms with Crippen LogP contribution >= 0.6 is 0 Å². The maximum atomic E-state index is 12.3. The molecule has 1 amide bonds. The van der Waals surface area contributed by atoms with Crippen LogP contribution in [0.2, 0.25) is 0 Å². The summed E-state index contributed by atoms with van der Waals surface area (Å²) in [6.45, 7) is 2.24. The summed E-state index contributed by atoms with van der Waals surface area (Å²) in [4.78, 5) is 16.3. The van der Waals surface area contributed by atoms with Gasteiger partial charge in [-0.1, -0.05) is 13.3 Å². The lowest BCUT2D eigenvalue weighted by molar-refractivity contribution is -0.121. The Morgan fingerprint density at radius 1 is 1.23 bits per heavy atom. The van der Waals surface area contributed by atoms with E-state index in [1.807, 2.05) is 24.3 Å². The summed E-state index contributed by atoms with van der Waals surface area (Å²) in [5, 5.41) is 7.12. The predicted octanol–water partition coefficient (Wildman–Crippen LogP) is 3.42. The smallest absolute Gasteiger partial charge is 0.227 e. The molecule has 1 aromatic heterocycles. The van der Waals surface area contributed by atoms with E-state index < -0.39 is 0 Å². The van der Waals surface area contributed by atoms with Gasteiger partial charge in [0.1, 0.15) is 12.7 Å². The largest absolute Gasteiger partial charge is 0.326 e. The molecule has 22 heavy (non-hydrogen) atoms. The number of aromatic nitrogens is 3. The molecule has 0 saturated heterocycles. The summed E-state index contributed by atoms with van der Waals surface area (Å²) in [6, 6.07) is 7.68. The minimum Gasteiger partial charge on any atom is -0.326 e. The Morgan fingerprint density at radius 3 is 2.55 bits per heavy atom. The number of carbonyl (C=O) groups is 1. The van der Waals surface area contributed by atoms with Crippen molar-refractivity contribution in [2.75, 3.05) is 5.32 Å². The first-order valence-electron chi connectivity index (χ1n) is 8.02. The van der Waals surface area contributed by atoms with E-state index in [4.69, 9.17) is 0 Å². The second kappa shape index (κ2) is 6.73. The number of amides is 1. The molecule has 0 unspecified atom stereocenters. The molecule has 1 aromatic carbocycles. The summed E-state index contributed by atoms with van der Waals surface area (Å²) in [5.41, 5.74) is 1.77. The summed E-state index contributed by atoms with van der Waals surface area (Å²) in [5.74, 6) is 1.13. The van der Waals surface area contributed by atoms with Crippen molar-refractivity contribution in [2.45, 2.75) is 39.0 Å². The Labute approximate surface area is 130 Å². The first-order chi connectivity index (χ1) is 10.8. The second-order valence-electron chi connectivity index (χ2n) is 6.00. The number of hydrogen-bond acceptors (Lipinski definition) is 3. The van der Waals surface area contributed by atoms with Gasteiger partial charge in [0.25, 0.3) is 0 Å². The van der Waals surface area contributed by atoms with E-state index in [9.17, 15) is 4.79 Å². The molecular formula is C17H22N4O. The SMILES string of the molecule is CCC1CCC(C(=O)Nc2ccc(-n3cncn3)cc2)CC1. The zero-order valence-corrected chi connectivity index (χ0v) is 12.9. The van der Waals surface area contributed by atoms with E-state index in [1.54, 1.807) is 11.0 Å². The van der Waals surface area contributed by atoms with Crippen LogP contribution in [-0.2, 0) is 4.79 Å². The highest BCUT2D eigenvalue weighted by atomic mass is 16.1. The molecule has 1 aliphatic carbocycles. The van der Waals surface area contributed by atoms with Crippen LogP contribution < -0.4 is 5.32 Å². The van der Waals surface area contributed by atoms with Crippen LogP contribution in [0.25, 0.3) is 5.69 Å². The summed E-state index contributed by atoms with van der Waals surface area (Å²) >= 11 is 0. The molecule has 0 bridgehead atoms. The molecule has 5 heteroatoms. The fraction of sp³-hybridized carbons (Fsp3) is 0.471. The van der Waals surface area contributed by atoms with Gasteiger partial charge < -0.3 is 5.32 Å². The molecular weight excluding hydrogens is 276 g/mol. The third kappa shape index (κ3) is 3.35. The molecule has 0 radical (unpaired) electrons. The average molecular weight is 298 g/mol. The Balaban J connectivity index is 1.58. The van der Waals surface area contributed by atoms with Crippen LogP contribution in [0.4, 0.5) is 5.69 Å². The number of nitrogens with one attached hydrogen (secondary N) is 1. The third-order valence-corrected chi connectivity index (χ3v) is 4.61. The van der Waals surface area contributed by atoms with Crippen LogP contribution in [-0.4, -0.2) is 20.7 Å². The van der Waals surface area contributed by atoms with Gasteiger partial charge in [-0.05, 0) is 55.9 Å². The first-order valence-corrected chi connectivity index (χ1v) is 8.02. The van der Waals surface area contributed by atoms with Gasteiger partial charge in [-0.2, -0.15) is 5.10 Å². The van der Waals surface area contributed by atoms with Crippen LogP contribution in [0.15, 0.2) is 36.9 Å². The number of nitrogens with zero attached hydrogens (tertiary/aromatic N) is 3. The molecule has 0 aliphatic heterocycles. The lowest BCUT2D eigenvalue weighted by Crippen LogP contribution is -2.27. The van der Waals surface area contributed by atoms with Crippen LogP contribution in [0.1, 0.15) is 39.0 Å². The quantitative estimate of drug-likeness (QED) is 0.940. The van der Waals surface area contributed by atoms with Gasteiger partial charge >= 0.3 is 0 Å². The lowest BCUT2D eigenvalue weighted by atomic mass is 9.80. The van der Waals surface area contributed by atoms with Gasteiger partial charge in [0, 0.05) is 11.6 Å². The standard InChI is InChI=1S/C17H22N4O/c1-2-13-3-5-14(6-4-13)17(22)20-15-7-9-16(10-8-15)21-12-18-11-19-21/h7-14H,2-6H2,1H3,(H,20,22). The second-order valence-corrected chi connectivity index (χ2v) is 6.00. The normalized spacial score (nSPS) is 21.5. The van der Waals surface area contributed by atoms with Gasteiger partial charge in [0.15, 0.2) is 0 Å². The molecule has 1 fully saturated rings. The molecule has 1 aliphatic rings. The fourth-order valence-corrected chi connectivity index (χ4v) is 3.12. The maximum absolute atomic E-state index is 12.3. The van der Waals surface area contributed by atoms with Crippen molar-refractivity contribution in [2.24, 2.45) is 11.8 Å². The third-order valence-electron chi connectivity index (χ3n) is 4.61. The molecule has 1 N–H and O–H groups in total. The number of benzene rings is 1. The molecule has 0 spiro atoms. The Bertz CT molecular complexity index is 598. The van der Waals surface area contributed by atoms with E-state index in [2.05, 4.69) is 22.3 Å². The van der Waals surface area contributed by atoms with Crippen molar-refractivity contribution in [3.8, 4) is 5.69 Å². The molecule has 2 aromatic rings. The van der Waals surface area contributed by atoms with Gasteiger partial charge in [-0.3, -0.25) is 4.79 Å². The van der Waals surface area contributed by atoms with Crippen LogP contribution in [0.5, 0.6) is 0 Å². The average Bonchev–Trinajstić information content (AvgIpc) is 3.10. The van der Waals surface area contributed by atoms with Crippen molar-refractivity contribution in [3.05, 3.63) is 36.9 Å². The Hall–Kier alpha value is -2.17. The monoisotopic (exact) mass is 298 g/mol. The minimum absolute atomic E-state index is 0.156. The number of hydrogen-bond donors (Lipinski definition) is 1. The first kappa shape index (κ1) is 14.8. The van der Waals surface area contributed by atoms with Crippen LogP contribution in [0, 0.1) is 11.8 Å². The summed E-state index contributed by atoms with van der Waals surface area (Å²) < 4.78 is 1.69. The van der Waals surface area contributed by atoms with Gasteiger partial charge in [0.2, 0.25) is 5.91 Å².